The first-order valence-electron chi connectivity index (χ1n) is 10.8. The highest BCUT2D eigenvalue weighted by Gasteiger charge is 2.30. The van der Waals surface area contributed by atoms with Gasteiger partial charge in [-0.2, -0.15) is 0 Å². The summed E-state index contributed by atoms with van der Waals surface area (Å²) in [6, 6.07) is 4.74. The molecule has 9 heteroatoms. The van der Waals surface area contributed by atoms with Crippen molar-refractivity contribution in [3.63, 3.8) is 0 Å². The summed E-state index contributed by atoms with van der Waals surface area (Å²) in [5.74, 6) is -0.0430. The van der Waals surface area contributed by atoms with E-state index in [9.17, 15) is 14.4 Å². The summed E-state index contributed by atoms with van der Waals surface area (Å²) in [4.78, 5) is 42.9. The van der Waals surface area contributed by atoms with Crippen molar-refractivity contribution in [3.8, 4) is 5.75 Å². The molecule has 1 aromatic rings. The molecule has 178 valence electrons. The van der Waals surface area contributed by atoms with Gasteiger partial charge in [-0.25, -0.2) is 0 Å². The molecule has 1 aliphatic rings. The van der Waals surface area contributed by atoms with Crippen LogP contribution in [0.25, 0.3) is 0 Å². The monoisotopic (exact) mass is 448 g/mol. The summed E-state index contributed by atoms with van der Waals surface area (Å²) in [5.41, 5.74) is 0.929. The van der Waals surface area contributed by atoms with Crippen molar-refractivity contribution in [2.24, 2.45) is 5.92 Å². The van der Waals surface area contributed by atoms with Crippen LogP contribution in [0.15, 0.2) is 18.2 Å². The molecule has 1 heterocycles. The second kappa shape index (κ2) is 11.3. The third-order valence-corrected chi connectivity index (χ3v) is 5.54. The molecule has 0 aliphatic carbocycles. The minimum Gasteiger partial charge on any atom is -0.491 e. The van der Waals surface area contributed by atoms with Crippen molar-refractivity contribution in [1.82, 2.24) is 14.7 Å². The minimum atomic E-state index is -0.242. The number of ether oxygens (including phenoxy) is 2. The fourth-order valence-electron chi connectivity index (χ4n) is 3.76. The van der Waals surface area contributed by atoms with Crippen molar-refractivity contribution in [1.29, 1.82) is 0 Å². The van der Waals surface area contributed by atoms with Gasteiger partial charge >= 0.3 is 0 Å². The van der Waals surface area contributed by atoms with Gasteiger partial charge in [-0.15, -0.1) is 0 Å². The fraction of sp³-hybridized carbons (Fsp3) is 0.609. The standard InChI is InChI=1S/C23H36N4O5/c1-15-11-27(22(29)13-25(4)5)16(2)14-32-20-10-18(24-17(3)28)8-9-19(20)23(30)26(6)12-21(15)31-7/h8-10,15-16,21H,11-14H2,1-7H3,(H,24,28)/t15-,16+,21-/m0/s1. The maximum absolute atomic E-state index is 13.2. The second-order valence-electron chi connectivity index (χ2n) is 8.77. The number of nitrogens with one attached hydrogen (secondary N) is 1. The summed E-state index contributed by atoms with van der Waals surface area (Å²) in [6.07, 6.45) is -0.242. The highest BCUT2D eigenvalue weighted by atomic mass is 16.5. The van der Waals surface area contributed by atoms with Gasteiger partial charge in [0.15, 0.2) is 0 Å². The molecule has 2 rings (SSSR count). The van der Waals surface area contributed by atoms with E-state index in [1.54, 1.807) is 37.3 Å². The normalized spacial score (nSPS) is 22.5. The SMILES string of the molecule is CO[C@H]1CN(C)C(=O)c2ccc(NC(C)=O)cc2OC[C@@H](C)N(C(=O)CN(C)C)C[C@@H]1C. The smallest absolute Gasteiger partial charge is 0.257 e. The van der Waals surface area contributed by atoms with Gasteiger partial charge in [0.05, 0.1) is 24.3 Å². The number of amides is 3. The molecule has 0 bridgehead atoms. The van der Waals surface area contributed by atoms with Gasteiger partial charge in [-0.05, 0) is 33.2 Å². The van der Waals surface area contributed by atoms with Gasteiger partial charge in [-0.1, -0.05) is 6.92 Å². The average Bonchev–Trinajstić information content (AvgIpc) is 2.71. The van der Waals surface area contributed by atoms with E-state index in [0.29, 0.717) is 30.1 Å². The molecule has 1 aromatic carbocycles. The molecule has 0 unspecified atom stereocenters. The highest BCUT2D eigenvalue weighted by molar-refractivity contribution is 5.98. The first-order chi connectivity index (χ1) is 15.0. The van der Waals surface area contributed by atoms with Gasteiger partial charge in [-0.3, -0.25) is 14.4 Å². The van der Waals surface area contributed by atoms with Crippen molar-refractivity contribution in [2.75, 3.05) is 59.8 Å². The molecular formula is C23H36N4O5. The molecule has 0 radical (unpaired) electrons. The Morgan fingerprint density at radius 2 is 1.94 bits per heavy atom. The lowest BCUT2D eigenvalue weighted by molar-refractivity contribution is -0.136. The Balaban J connectivity index is 2.45. The number of hydrogen-bond acceptors (Lipinski definition) is 6. The van der Waals surface area contributed by atoms with Crippen LogP contribution < -0.4 is 10.1 Å². The van der Waals surface area contributed by atoms with Crippen LogP contribution >= 0.6 is 0 Å². The van der Waals surface area contributed by atoms with Crippen LogP contribution in [0, 0.1) is 5.92 Å². The molecule has 3 atom stereocenters. The quantitative estimate of drug-likeness (QED) is 0.751. The molecule has 1 N–H and O–H groups in total. The third kappa shape index (κ3) is 6.67. The Bertz CT molecular complexity index is 829. The molecule has 32 heavy (non-hydrogen) atoms. The van der Waals surface area contributed by atoms with Gasteiger partial charge in [0, 0.05) is 51.8 Å². The molecule has 0 spiro atoms. The Hall–Kier alpha value is -2.65. The third-order valence-electron chi connectivity index (χ3n) is 5.54. The number of benzene rings is 1. The number of fused-ring (bicyclic) bond motifs is 1. The lowest BCUT2D eigenvalue weighted by atomic mass is 10.0. The van der Waals surface area contributed by atoms with Crippen LogP contribution in [0.2, 0.25) is 0 Å². The summed E-state index contributed by atoms with van der Waals surface area (Å²) in [6.45, 7) is 6.72. The minimum absolute atomic E-state index is 0.00140. The van der Waals surface area contributed by atoms with E-state index >= 15 is 0 Å². The zero-order valence-corrected chi connectivity index (χ0v) is 20.2. The number of rotatable bonds is 4. The number of methoxy groups -OCH3 is 1. The zero-order valence-electron chi connectivity index (χ0n) is 20.2. The van der Waals surface area contributed by atoms with E-state index in [4.69, 9.17) is 9.47 Å². The van der Waals surface area contributed by atoms with Crippen LogP contribution in [-0.2, 0) is 14.3 Å². The first-order valence-corrected chi connectivity index (χ1v) is 10.8. The Morgan fingerprint density at radius 1 is 1.25 bits per heavy atom. The Morgan fingerprint density at radius 3 is 2.53 bits per heavy atom. The van der Waals surface area contributed by atoms with Crippen molar-refractivity contribution >= 4 is 23.4 Å². The molecular weight excluding hydrogens is 412 g/mol. The second-order valence-corrected chi connectivity index (χ2v) is 8.77. The lowest BCUT2D eigenvalue weighted by Crippen LogP contribution is -2.50. The molecule has 1 aliphatic heterocycles. The van der Waals surface area contributed by atoms with Crippen molar-refractivity contribution in [2.45, 2.75) is 32.9 Å². The van der Waals surface area contributed by atoms with Crippen LogP contribution in [0.5, 0.6) is 5.75 Å². The van der Waals surface area contributed by atoms with Crippen LogP contribution in [-0.4, -0.2) is 99.1 Å². The zero-order chi connectivity index (χ0) is 24.0. The van der Waals surface area contributed by atoms with E-state index in [0.717, 1.165) is 0 Å². The molecule has 0 saturated heterocycles. The van der Waals surface area contributed by atoms with E-state index < -0.39 is 0 Å². The number of carbonyl (C=O) groups is 3. The van der Waals surface area contributed by atoms with Gasteiger partial charge < -0.3 is 29.5 Å². The summed E-state index contributed by atoms with van der Waals surface area (Å²) in [7, 11) is 7.06. The van der Waals surface area contributed by atoms with E-state index in [-0.39, 0.29) is 48.9 Å². The fourth-order valence-corrected chi connectivity index (χ4v) is 3.76. The number of hydrogen-bond donors (Lipinski definition) is 1. The predicted octanol–water partition coefficient (Wildman–Crippen LogP) is 1.54. The van der Waals surface area contributed by atoms with Crippen molar-refractivity contribution in [3.05, 3.63) is 23.8 Å². The Labute approximate surface area is 190 Å². The highest BCUT2D eigenvalue weighted by Crippen LogP contribution is 2.27. The molecule has 3 amide bonds. The molecule has 0 fully saturated rings. The van der Waals surface area contributed by atoms with E-state index in [1.165, 1.54) is 6.92 Å². The largest absolute Gasteiger partial charge is 0.491 e. The first kappa shape index (κ1) is 25.6. The van der Waals surface area contributed by atoms with Crippen LogP contribution in [0.1, 0.15) is 31.1 Å². The summed E-state index contributed by atoms with van der Waals surface area (Å²) >= 11 is 0. The van der Waals surface area contributed by atoms with Gasteiger partial charge in [0.25, 0.3) is 5.91 Å². The summed E-state index contributed by atoms with van der Waals surface area (Å²) in [5, 5.41) is 2.72. The topological polar surface area (TPSA) is 91.4 Å². The average molecular weight is 449 g/mol. The maximum atomic E-state index is 13.2. The lowest BCUT2D eigenvalue weighted by Gasteiger charge is -2.36. The number of carbonyl (C=O) groups excluding carboxylic acids is 3. The van der Waals surface area contributed by atoms with Crippen LogP contribution in [0.4, 0.5) is 5.69 Å². The number of anilines is 1. The number of nitrogens with zero attached hydrogens (tertiary/aromatic N) is 3. The molecule has 0 saturated carbocycles. The van der Waals surface area contributed by atoms with Gasteiger partial charge in [0.2, 0.25) is 11.8 Å². The predicted molar refractivity (Wildman–Crippen MR) is 123 cm³/mol. The molecule has 9 nitrogen and oxygen atoms in total. The van der Waals surface area contributed by atoms with Crippen LogP contribution in [0.3, 0.4) is 0 Å². The molecule has 0 aromatic heterocycles. The van der Waals surface area contributed by atoms with Crippen molar-refractivity contribution < 1.29 is 23.9 Å². The van der Waals surface area contributed by atoms with E-state index in [1.807, 2.05) is 37.7 Å². The Kier molecular flexibility index (Phi) is 9.03. The number of likely N-dealkylation sites (N-methyl/N-ethyl adjacent to an activating group) is 2. The van der Waals surface area contributed by atoms with E-state index in [2.05, 4.69) is 5.32 Å². The summed E-state index contributed by atoms with van der Waals surface area (Å²) < 4.78 is 11.8. The maximum Gasteiger partial charge on any atom is 0.257 e. The van der Waals surface area contributed by atoms with Gasteiger partial charge in [0.1, 0.15) is 12.4 Å².